The van der Waals surface area contributed by atoms with Crippen molar-refractivity contribution in [3.63, 3.8) is 0 Å². The molecule has 0 amide bonds. The quantitative estimate of drug-likeness (QED) is 0.585. The first-order valence-electron chi connectivity index (χ1n) is 6.17. The third-order valence-corrected chi connectivity index (χ3v) is 3.69. The van der Waals surface area contributed by atoms with E-state index in [1.54, 1.807) is 11.8 Å². The van der Waals surface area contributed by atoms with Gasteiger partial charge in [0.2, 0.25) is 11.8 Å². The monoisotopic (exact) mass is 283 g/mol. The topological polar surface area (TPSA) is 64.9 Å². The second kappa shape index (κ2) is 5.79. The van der Waals surface area contributed by atoms with E-state index in [2.05, 4.69) is 10.2 Å². The first-order chi connectivity index (χ1) is 9.81. The van der Waals surface area contributed by atoms with E-state index in [1.165, 1.54) is 0 Å². The zero-order valence-corrected chi connectivity index (χ0v) is 11.5. The summed E-state index contributed by atoms with van der Waals surface area (Å²) in [5.41, 5.74) is 7.43. The molecule has 0 spiro atoms. The van der Waals surface area contributed by atoms with Gasteiger partial charge in [0.1, 0.15) is 0 Å². The normalized spacial score (nSPS) is 10.6. The lowest BCUT2D eigenvalue weighted by Crippen LogP contribution is -1.84. The molecule has 3 rings (SSSR count). The van der Waals surface area contributed by atoms with Crippen molar-refractivity contribution in [1.29, 1.82) is 0 Å². The first kappa shape index (κ1) is 12.7. The summed E-state index contributed by atoms with van der Waals surface area (Å²) >= 11 is 1.62. The van der Waals surface area contributed by atoms with Gasteiger partial charge in [0.15, 0.2) is 0 Å². The fourth-order valence-corrected chi connectivity index (χ4v) is 2.56. The van der Waals surface area contributed by atoms with E-state index in [-0.39, 0.29) is 0 Å². The molecule has 0 bridgehead atoms. The molecule has 2 N–H and O–H groups in total. The zero-order valence-electron chi connectivity index (χ0n) is 10.7. The van der Waals surface area contributed by atoms with Gasteiger partial charge in [-0.15, -0.1) is 22.0 Å². The summed E-state index contributed by atoms with van der Waals surface area (Å²) in [4.78, 5) is 1.09. The van der Waals surface area contributed by atoms with Crippen molar-refractivity contribution in [2.45, 2.75) is 10.6 Å². The maximum absolute atomic E-state index is 5.74. The minimum Gasteiger partial charge on any atom is -0.420 e. The van der Waals surface area contributed by atoms with E-state index in [0.717, 1.165) is 16.1 Å². The van der Waals surface area contributed by atoms with Crippen LogP contribution in [0.5, 0.6) is 0 Å². The van der Waals surface area contributed by atoms with Crippen LogP contribution in [0.1, 0.15) is 5.89 Å². The van der Waals surface area contributed by atoms with Gasteiger partial charge in [-0.3, -0.25) is 0 Å². The molecule has 0 aliphatic carbocycles. The molecule has 0 unspecified atom stereocenters. The number of anilines is 1. The van der Waals surface area contributed by atoms with Gasteiger partial charge in [-0.25, -0.2) is 0 Å². The Morgan fingerprint density at radius 3 is 2.65 bits per heavy atom. The highest BCUT2D eigenvalue weighted by Crippen LogP contribution is 2.25. The van der Waals surface area contributed by atoms with E-state index in [1.807, 2.05) is 54.6 Å². The largest absolute Gasteiger partial charge is 0.420 e. The van der Waals surface area contributed by atoms with Crippen molar-refractivity contribution in [2.75, 3.05) is 5.73 Å². The van der Waals surface area contributed by atoms with E-state index < -0.39 is 0 Å². The average molecular weight is 283 g/mol. The molecule has 1 heterocycles. The number of nitrogens with zero attached hydrogens (tertiary/aromatic N) is 2. The summed E-state index contributed by atoms with van der Waals surface area (Å²) in [5, 5.41) is 8.12. The molecular weight excluding hydrogens is 270 g/mol. The summed E-state index contributed by atoms with van der Waals surface area (Å²) in [6, 6.07) is 17.5. The maximum atomic E-state index is 5.74. The zero-order chi connectivity index (χ0) is 13.8. The van der Waals surface area contributed by atoms with Crippen LogP contribution in [0.4, 0.5) is 5.69 Å². The highest BCUT2D eigenvalue weighted by molar-refractivity contribution is 7.98. The van der Waals surface area contributed by atoms with Gasteiger partial charge in [0, 0.05) is 16.1 Å². The third-order valence-electron chi connectivity index (χ3n) is 2.71. The number of aromatic nitrogens is 2. The number of hydrogen-bond donors (Lipinski definition) is 1. The van der Waals surface area contributed by atoms with Crippen LogP contribution in [0.25, 0.3) is 11.5 Å². The van der Waals surface area contributed by atoms with Gasteiger partial charge in [0.25, 0.3) is 0 Å². The van der Waals surface area contributed by atoms with E-state index in [9.17, 15) is 0 Å². The predicted octanol–water partition coefficient (Wildman–Crippen LogP) is 3.61. The lowest BCUT2D eigenvalue weighted by molar-refractivity contribution is 0.528. The highest BCUT2D eigenvalue weighted by atomic mass is 32.2. The van der Waals surface area contributed by atoms with Crippen molar-refractivity contribution in [2.24, 2.45) is 0 Å². The number of nitrogen functional groups attached to an aromatic ring is 1. The van der Waals surface area contributed by atoms with Crippen LogP contribution >= 0.6 is 11.8 Å². The Labute approximate surface area is 121 Å². The van der Waals surface area contributed by atoms with Crippen LogP contribution < -0.4 is 5.73 Å². The van der Waals surface area contributed by atoms with Crippen LogP contribution in [0.15, 0.2) is 63.9 Å². The summed E-state index contributed by atoms with van der Waals surface area (Å²) in [7, 11) is 0. The summed E-state index contributed by atoms with van der Waals surface area (Å²) in [6.07, 6.45) is 0. The maximum Gasteiger partial charge on any atom is 0.247 e. The summed E-state index contributed by atoms with van der Waals surface area (Å²) in [6.45, 7) is 0. The fourth-order valence-electron chi connectivity index (χ4n) is 1.76. The minimum atomic E-state index is 0.550. The van der Waals surface area contributed by atoms with Crippen LogP contribution in [0, 0.1) is 0 Å². The lowest BCUT2D eigenvalue weighted by Gasteiger charge is -1.99. The smallest absolute Gasteiger partial charge is 0.247 e. The Morgan fingerprint density at radius 1 is 1.00 bits per heavy atom. The van der Waals surface area contributed by atoms with Crippen LogP contribution in [-0.2, 0) is 5.75 Å². The molecule has 0 saturated heterocycles. The number of rotatable bonds is 4. The average Bonchev–Trinajstić information content (AvgIpc) is 2.95. The Kier molecular flexibility index (Phi) is 3.69. The minimum absolute atomic E-state index is 0.550. The molecule has 0 atom stereocenters. The molecule has 100 valence electrons. The van der Waals surface area contributed by atoms with Gasteiger partial charge in [0.05, 0.1) is 5.75 Å². The van der Waals surface area contributed by atoms with Crippen LogP contribution in [-0.4, -0.2) is 10.2 Å². The molecule has 0 saturated carbocycles. The molecule has 5 heteroatoms. The van der Waals surface area contributed by atoms with Crippen molar-refractivity contribution < 1.29 is 4.42 Å². The number of benzene rings is 2. The van der Waals surface area contributed by atoms with Gasteiger partial charge in [-0.1, -0.05) is 24.3 Å². The Morgan fingerprint density at radius 2 is 1.85 bits per heavy atom. The Bertz CT molecular complexity index is 697. The van der Waals surface area contributed by atoms with E-state index in [0.29, 0.717) is 17.5 Å². The van der Waals surface area contributed by atoms with Crippen molar-refractivity contribution in [1.82, 2.24) is 10.2 Å². The van der Waals surface area contributed by atoms with E-state index in [4.69, 9.17) is 10.2 Å². The van der Waals surface area contributed by atoms with Crippen molar-refractivity contribution in [3.05, 3.63) is 60.5 Å². The number of hydrogen-bond acceptors (Lipinski definition) is 5. The molecule has 2 aromatic carbocycles. The van der Waals surface area contributed by atoms with Gasteiger partial charge in [-0.05, 0) is 30.3 Å². The Hall–Kier alpha value is -2.27. The molecule has 0 fully saturated rings. The summed E-state index contributed by atoms with van der Waals surface area (Å²) < 4.78 is 5.65. The van der Waals surface area contributed by atoms with Gasteiger partial charge in [-0.2, -0.15) is 0 Å². The summed E-state index contributed by atoms with van der Waals surface area (Å²) in [5.74, 6) is 1.79. The highest BCUT2D eigenvalue weighted by Gasteiger charge is 2.08. The van der Waals surface area contributed by atoms with Crippen LogP contribution in [0.3, 0.4) is 0 Å². The molecular formula is C15H13N3OS. The number of thioether (sulfide) groups is 1. The fraction of sp³-hybridized carbons (Fsp3) is 0.0667. The third kappa shape index (κ3) is 3.00. The van der Waals surface area contributed by atoms with E-state index >= 15 is 0 Å². The van der Waals surface area contributed by atoms with Crippen molar-refractivity contribution in [3.8, 4) is 11.5 Å². The second-order valence-electron chi connectivity index (χ2n) is 4.23. The van der Waals surface area contributed by atoms with Gasteiger partial charge < -0.3 is 10.2 Å². The van der Waals surface area contributed by atoms with Crippen molar-refractivity contribution >= 4 is 17.4 Å². The van der Waals surface area contributed by atoms with Crippen LogP contribution in [0.2, 0.25) is 0 Å². The molecule has 0 aliphatic heterocycles. The first-order valence-corrected chi connectivity index (χ1v) is 7.16. The molecule has 0 aliphatic rings. The Balaban J connectivity index is 1.69. The molecule has 4 nitrogen and oxygen atoms in total. The molecule has 20 heavy (non-hydrogen) atoms. The standard InChI is InChI=1S/C15H13N3OS/c16-12-7-4-8-13(9-12)20-10-14-17-18-15(19-14)11-5-2-1-3-6-11/h1-9H,10,16H2. The predicted molar refractivity (Wildman–Crippen MR) is 80.1 cm³/mol. The molecule has 0 radical (unpaired) electrons. The van der Waals surface area contributed by atoms with Gasteiger partial charge >= 0.3 is 0 Å². The number of nitrogens with two attached hydrogens (primary N) is 1. The molecule has 3 aromatic rings. The lowest BCUT2D eigenvalue weighted by atomic mass is 10.2. The second-order valence-corrected chi connectivity index (χ2v) is 5.28. The SMILES string of the molecule is Nc1cccc(SCc2nnc(-c3ccccc3)o2)c1. The molecule has 1 aromatic heterocycles.